The predicted octanol–water partition coefficient (Wildman–Crippen LogP) is -0.663. The molecule has 8 nitrogen and oxygen atoms in total. The van der Waals surface area contributed by atoms with E-state index in [0.717, 1.165) is 11.4 Å². The van der Waals surface area contributed by atoms with Gasteiger partial charge in [0.25, 0.3) is 0 Å². The summed E-state index contributed by atoms with van der Waals surface area (Å²) >= 11 is 4.59. The van der Waals surface area contributed by atoms with Gasteiger partial charge in [0, 0.05) is 0 Å². The van der Waals surface area contributed by atoms with Crippen molar-refractivity contribution in [2.75, 3.05) is 11.9 Å². The first kappa shape index (κ1) is 15.9. The fourth-order valence-corrected chi connectivity index (χ4v) is 1.47. The molecule has 1 heterocycles. The molecule has 0 saturated heterocycles. The quantitative estimate of drug-likeness (QED) is 0.486. The number of hydrogen-bond acceptors (Lipinski definition) is 6. The summed E-state index contributed by atoms with van der Waals surface area (Å²) in [5.41, 5.74) is 6.72. The Balaban J connectivity index is 2.70. The molecule has 0 saturated carbocycles. The highest BCUT2D eigenvalue weighted by Gasteiger charge is 2.16. The van der Waals surface area contributed by atoms with E-state index in [2.05, 4.69) is 38.0 Å². The second kappa shape index (κ2) is 7.43. The Morgan fingerprint density at radius 2 is 1.80 bits per heavy atom. The van der Waals surface area contributed by atoms with Crippen molar-refractivity contribution < 1.29 is 9.59 Å². The molecule has 1 rings (SSSR count). The zero-order valence-corrected chi connectivity index (χ0v) is 12.1. The van der Waals surface area contributed by atoms with Gasteiger partial charge in [0.1, 0.15) is 0 Å². The summed E-state index contributed by atoms with van der Waals surface area (Å²) in [6.07, 6.45) is 1.36. The fraction of sp³-hybridized carbons (Fsp3) is 0.455. The van der Waals surface area contributed by atoms with Crippen LogP contribution in [-0.2, 0) is 22.4 Å². The topological polar surface area (TPSA) is 123 Å². The summed E-state index contributed by atoms with van der Waals surface area (Å²) in [5, 5.41) is 12.2. The van der Waals surface area contributed by atoms with Crippen molar-refractivity contribution in [2.24, 2.45) is 5.73 Å². The van der Waals surface area contributed by atoms with Crippen LogP contribution in [0, 0.1) is 0 Å². The molecule has 0 bridgehead atoms. The first-order valence-corrected chi connectivity index (χ1v) is 6.48. The Morgan fingerprint density at radius 1 is 1.15 bits per heavy atom. The van der Waals surface area contributed by atoms with Gasteiger partial charge >= 0.3 is 11.8 Å². The van der Waals surface area contributed by atoms with E-state index in [9.17, 15) is 9.59 Å². The second-order valence-corrected chi connectivity index (χ2v) is 4.36. The number of hydrogen-bond donors (Lipinski definition) is 3. The molecule has 0 aliphatic carbocycles. The maximum Gasteiger partial charge on any atom is 0.316 e. The van der Waals surface area contributed by atoms with Gasteiger partial charge in [-0.1, -0.05) is 26.1 Å². The Kier molecular flexibility index (Phi) is 5.91. The van der Waals surface area contributed by atoms with Crippen LogP contribution in [-0.4, -0.2) is 38.5 Å². The Hall–Kier alpha value is -2.16. The molecule has 9 heteroatoms. The molecule has 0 fully saturated rings. The minimum absolute atomic E-state index is 0.00507. The van der Waals surface area contributed by atoms with Crippen LogP contribution in [0.2, 0.25) is 0 Å². The lowest BCUT2D eigenvalue weighted by atomic mass is 10.2. The number of thiocarbonyl (C=S) groups is 1. The van der Waals surface area contributed by atoms with E-state index in [-0.39, 0.29) is 17.5 Å². The predicted molar refractivity (Wildman–Crippen MR) is 77.0 cm³/mol. The van der Waals surface area contributed by atoms with Crippen LogP contribution in [0.25, 0.3) is 0 Å². The van der Waals surface area contributed by atoms with E-state index in [0.29, 0.717) is 12.8 Å². The minimum Gasteiger partial charge on any atom is -0.392 e. The third-order valence-electron chi connectivity index (χ3n) is 2.36. The fourth-order valence-electron chi connectivity index (χ4n) is 1.40. The van der Waals surface area contributed by atoms with E-state index in [1.165, 1.54) is 0 Å². The van der Waals surface area contributed by atoms with Gasteiger partial charge in [-0.25, -0.2) is 4.98 Å². The van der Waals surface area contributed by atoms with E-state index in [1.807, 2.05) is 13.8 Å². The number of amides is 2. The lowest BCUT2D eigenvalue weighted by Crippen LogP contribution is -2.39. The number of nitrogens with one attached hydrogen (secondary N) is 2. The second-order valence-electron chi connectivity index (χ2n) is 3.84. The zero-order chi connectivity index (χ0) is 15.1. The van der Waals surface area contributed by atoms with Gasteiger partial charge in [0.2, 0.25) is 5.95 Å². The van der Waals surface area contributed by atoms with Gasteiger partial charge in [0.15, 0.2) is 0 Å². The normalized spacial score (nSPS) is 9.90. The molecule has 0 aliphatic heterocycles. The lowest BCUT2D eigenvalue weighted by Gasteiger charge is -2.07. The van der Waals surface area contributed by atoms with E-state index in [4.69, 9.17) is 5.73 Å². The molecule has 0 spiro atoms. The smallest absolute Gasteiger partial charge is 0.316 e. The molecule has 108 valence electrons. The van der Waals surface area contributed by atoms with Crippen LogP contribution in [0.15, 0.2) is 0 Å². The summed E-state index contributed by atoms with van der Waals surface area (Å²) in [6.45, 7) is 3.81. The van der Waals surface area contributed by atoms with Crippen LogP contribution in [0.5, 0.6) is 0 Å². The number of carbonyl (C=O) groups excluding carboxylic acids is 2. The number of aromatic nitrogens is 3. The maximum atomic E-state index is 11.6. The van der Waals surface area contributed by atoms with Gasteiger partial charge in [-0.15, -0.1) is 10.2 Å². The molecule has 0 aromatic carbocycles. The van der Waals surface area contributed by atoms with Crippen LogP contribution < -0.4 is 16.4 Å². The maximum absolute atomic E-state index is 11.6. The number of rotatable bonds is 5. The van der Waals surface area contributed by atoms with Crippen molar-refractivity contribution >= 4 is 35.0 Å². The summed E-state index contributed by atoms with van der Waals surface area (Å²) in [4.78, 5) is 27.2. The molecule has 0 radical (unpaired) electrons. The van der Waals surface area contributed by atoms with Crippen LogP contribution >= 0.6 is 12.2 Å². The molecule has 1 aromatic heterocycles. The Bertz CT molecular complexity index is 534. The van der Waals surface area contributed by atoms with Crippen molar-refractivity contribution in [3.8, 4) is 0 Å². The van der Waals surface area contributed by atoms with Crippen molar-refractivity contribution in [3.05, 3.63) is 11.4 Å². The minimum atomic E-state index is -0.894. The third-order valence-corrected chi connectivity index (χ3v) is 2.51. The molecule has 2 amide bonds. The van der Waals surface area contributed by atoms with Gasteiger partial charge in [0.05, 0.1) is 22.9 Å². The van der Waals surface area contributed by atoms with Gasteiger partial charge in [-0.05, 0) is 12.8 Å². The van der Waals surface area contributed by atoms with Crippen molar-refractivity contribution in [2.45, 2.75) is 26.7 Å². The SMILES string of the molecule is CCc1nnc(NC(=O)C(=O)NCC(N)=S)nc1CC. The number of nitrogens with two attached hydrogens (primary N) is 1. The Morgan fingerprint density at radius 3 is 2.35 bits per heavy atom. The van der Waals surface area contributed by atoms with Crippen molar-refractivity contribution in [1.82, 2.24) is 20.5 Å². The van der Waals surface area contributed by atoms with Crippen molar-refractivity contribution in [1.29, 1.82) is 0 Å². The van der Waals surface area contributed by atoms with E-state index >= 15 is 0 Å². The summed E-state index contributed by atoms with van der Waals surface area (Å²) in [5.74, 6) is -1.76. The molecule has 1 aromatic rings. The zero-order valence-electron chi connectivity index (χ0n) is 11.3. The van der Waals surface area contributed by atoms with Crippen LogP contribution in [0.4, 0.5) is 5.95 Å². The largest absolute Gasteiger partial charge is 0.392 e. The number of nitrogens with zero attached hydrogens (tertiary/aromatic N) is 3. The highest BCUT2D eigenvalue weighted by atomic mass is 32.1. The Labute approximate surface area is 121 Å². The molecular formula is C11H16N6O2S. The molecule has 0 atom stereocenters. The highest BCUT2D eigenvalue weighted by Crippen LogP contribution is 2.06. The summed E-state index contributed by atoms with van der Waals surface area (Å²) in [6, 6.07) is 0. The molecule has 20 heavy (non-hydrogen) atoms. The first-order chi connectivity index (χ1) is 9.47. The van der Waals surface area contributed by atoms with Gasteiger partial charge < -0.3 is 11.1 Å². The van der Waals surface area contributed by atoms with Crippen LogP contribution in [0.1, 0.15) is 25.2 Å². The van der Waals surface area contributed by atoms with E-state index in [1.54, 1.807) is 0 Å². The number of anilines is 1. The summed E-state index contributed by atoms with van der Waals surface area (Å²) in [7, 11) is 0. The number of carbonyl (C=O) groups is 2. The third kappa shape index (κ3) is 4.50. The van der Waals surface area contributed by atoms with Crippen molar-refractivity contribution in [3.63, 3.8) is 0 Å². The molecule has 0 unspecified atom stereocenters. The summed E-state index contributed by atoms with van der Waals surface area (Å²) < 4.78 is 0. The molecule has 4 N–H and O–H groups in total. The van der Waals surface area contributed by atoms with Gasteiger partial charge in [-0.3, -0.25) is 14.9 Å². The number of aryl methyl sites for hydroxylation is 2. The van der Waals surface area contributed by atoms with E-state index < -0.39 is 11.8 Å². The lowest BCUT2D eigenvalue weighted by molar-refractivity contribution is -0.136. The highest BCUT2D eigenvalue weighted by molar-refractivity contribution is 7.80. The first-order valence-electron chi connectivity index (χ1n) is 6.07. The van der Waals surface area contributed by atoms with Crippen LogP contribution in [0.3, 0.4) is 0 Å². The standard InChI is InChI=1S/C11H16N6O2S/c1-3-6-7(4-2)16-17-11(14-6)15-10(19)9(18)13-5-8(12)20/h3-5H2,1-2H3,(H2,12,20)(H,13,18)(H,14,15,17,19). The average Bonchev–Trinajstić information content (AvgIpc) is 2.44. The molecular weight excluding hydrogens is 280 g/mol. The molecule has 0 aliphatic rings. The monoisotopic (exact) mass is 296 g/mol. The average molecular weight is 296 g/mol. The van der Waals surface area contributed by atoms with Gasteiger partial charge in [-0.2, -0.15) is 0 Å².